The molecular formula is C18H18N4O3S2. The lowest BCUT2D eigenvalue weighted by molar-refractivity contribution is -0.113. The summed E-state index contributed by atoms with van der Waals surface area (Å²) >= 11 is 2.58. The minimum absolute atomic E-state index is 0.160. The first kappa shape index (κ1) is 19.1. The molecule has 7 nitrogen and oxygen atoms in total. The zero-order valence-corrected chi connectivity index (χ0v) is 16.5. The Morgan fingerprint density at radius 1 is 1.30 bits per heavy atom. The zero-order chi connectivity index (χ0) is 19.2. The van der Waals surface area contributed by atoms with Crippen molar-refractivity contribution in [2.75, 3.05) is 17.7 Å². The Kier molecular flexibility index (Phi) is 6.25. The van der Waals surface area contributed by atoms with Gasteiger partial charge in [0.15, 0.2) is 5.16 Å². The molecule has 140 valence electrons. The van der Waals surface area contributed by atoms with Crippen molar-refractivity contribution in [3.05, 3.63) is 47.6 Å². The number of hydrogen-bond acceptors (Lipinski definition) is 7. The predicted molar refractivity (Wildman–Crippen MR) is 106 cm³/mol. The van der Waals surface area contributed by atoms with Crippen molar-refractivity contribution in [1.29, 1.82) is 0 Å². The summed E-state index contributed by atoms with van der Waals surface area (Å²) in [7, 11) is 1.81. The fourth-order valence-corrected chi connectivity index (χ4v) is 4.04. The van der Waals surface area contributed by atoms with E-state index in [9.17, 15) is 9.59 Å². The Hall–Kier alpha value is -2.65. The molecule has 0 fully saturated rings. The molecule has 0 aliphatic rings. The number of amides is 1. The van der Waals surface area contributed by atoms with Crippen LogP contribution >= 0.6 is 23.1 Å². The second kappa shape index (κ2) is 8.83. The summed E-state index contributed by atoms with van der Waals surface area (Å²) in [5.41, 5.74) is 2.02. The number of hydrogen-bond donors (Lipinski definition) is 1. The second-order valence-corrected chi connectivity index (χ2v) is 7.32. The van der Waals surface area contributed by atoms with Gasteiger partial charge in [-0.3, -0.25) is 4.79 Å². The Labute approximate surface area is 164 Å². The number of nitrogens with zero attached hydrogens (tertiary/aromatic N) is 3. The summed E-state index contributed by atoms with van der Waals surface area (Å²) in [6.45, 7) is 2.01. The van der Waals surface area contributed by atoms with Crippen molar-refractivity contribution in [3.8, 4) is 11.1 Å². The fraction of sp³-hybridized carbons (Fsp3) is 0.222. The van der Waals surface area contributed by atoms with Crippen molar-refractivity contribution in [2.24, 2.45) is 7.05 Å². The smallest absolute Gasteiger partial charge is 0.341 e. The van der Waals surface area contributed by atoms with Crippen LogP contribution in [0.5, 0.6) is 0 Å². The molecule has 0 saturated carbocycles. The average molecular weight is 403 g/mol. The molecular weight excluding hydrogens is 384 g/mol. The highest BCUT2D eigenvalue weighted by molar-refractivity contribution is 7.99. The van der Waals surface area contributed by atoms with E-state index in [1.165, 1.54) is 23.1 Å². The van der Waals surface area contributed by atoms with Crippen LogP contribution in [0.15, 0.2) is 47.2 Å². The largest absolute Gasteiger partial charge is 0.462 e. The molecule has 0 radical (unpaired) electrons. The van der Waals surface area contributed by atoms with Crippen molar-refractivity contribution in [1.82, 2.24) is 14.8 Å². The lowest BCUT2D eigenvalue weighted by Crippen LogP contribution is -2.16. The van der Waals surface area contributed by atoms with E-state index in [4.69, 9.17) is 4.74 Å². The van der Waals surface area contributed by atoms with Crippen molar-refractivity contribution in [2.45, 2.75) is 12.1 Å². The third-order valence-corrected chi connectivity index (χ3v) is 5.54. The molecule has 0 unspecified atom stereocenters. The van der Waals surface area contributed by atoms with Crippen molar-refractivity contribution in [3.63, 3.8) is 0 Å². The van der Waals surface area contributed by atoms with Gasteiger partial charge in [-0.15, -0.1) is 21.5 Å². The molecule has 1 N–H and O–H groups in total. The number of aryl methyl sites for hydroxylation is 1. The molecule has 2 heterocycles. The van der Waals surface area contributed by atoms with E-state index >= 15 is 0 Å². The number of carbonyl (C=O) groups is 2. The van der Waals surface area contributed by atoms with E-state index in [2.05, 4.69) is 15.5 Å². The van der Waals surface area contributed by atoms with Gasteiger partial charge in [0.1, 0.15) is 16.9 Å². The summed E-state index contributed by atoms with van der Waals surface area (Å²) < 4.78 is 6.93. The van der Waals surface area contributed by atoms with Gasteiger partial charge in [-0.25, -0.2) is 4.79 Å². The van der Waals surface area contributed by atoms with Gasteiger partial charge in [-0.05, 0) is 12.5 Å². The number of anilines is 1. The number of rotatable bonds is 7. The number of aromatic nitrogens is 3. The van der Waals surface area contributed by atoms with E-state index in [-0.39, 0.29) is 18.3 Å². The number of thioether (sulfide) groups is 1. The van der Waals surface area contributed by atoms with Gasteiger partial charge in [0.2, 0.25) is 5.91 Å². The molecule has 3 aromatic rings. The Balaban J connectivity index is 1.80. The quantitative estimate of drug-likeness (QED) is 0.481. The molecule has 0 bridgehead atoms. The number of esters is 1. The highest BCUT2D eigenvalue weighted by Gasteiger charge is 2.22. The van der Waals surface area contributed by atoms with Gasteiger partial charge >= 0.3 is 5.97 Å². The van der Waals surface area contributed by atoms with Crippen LogP contribution in [0.25, 0.3) is 11.1 Å². The highest BCUT2D eigenvalue weighted by Crippen LogP contribution is 2.36. The van der Waals surface area contributed by atoms with E-state index < -0.39 is 5.97 Å². The maximum Gasteiger partial charge on any atom is 0.341 e. The lowest BCUT2D eigenvalue weighted by atomic mass is 10.0. The monoisotopic (exact) mass is 402 g/mol. The summed E-state index contributed by atoms with van der Waals surface area (Å²) in [6.07, 6.45) is 1.57. The second-order valence-electron chi connectivity index (χ2n) is 5.50. The van der Waals surface area contributed by atoms with Gasteiger partial charge in [-0.1, -0.05) is 42.1 Å². The third-order valence-electron chi connectivity index (χ3n) is 3.61. The van der Waals surface area contributed by atoms with Crippen LogP contribution in [0.4, 0.5) is 5.00 Å². The normalized spacial score (nSPS) is 10.6. The molecule has 0 atom stereocenters. The van der Waals surface area contributed by atoms with E-state index in [1.54, 1.807) is 17.8 Å². The van der Waals surface area contributed by atoms with Crippen LogP contribution in [0.1, 0.15) is 17.3 Å². The summed E-state index contributed by atoms with van der Waals surface area (Å²) in [4.78, 5) is 24.9. The first-order chi connectivity index (χ1) is 13.1. The predicted octanol–water partition coefficient (Wildman–Crippen LogP) is 3.45. The number of thiophene rings is 1. The van der Waals surface area contributed by atoms with Gasteiger partial charge < -0.3 is 14.6 Å². The number of carbonyl (C=O) groups excluding carboxylic acids is 2. The lowest BCUT2D eigenvalue weighted by Gasteiger charge is -2.08. The van der Waals surface area contributed by atoms with Gasteiger partial charge in [0.25, 0.3) is 0 Å². The molecule has 0 aliphatic carbocycles. The maximum atomic E-state index is 12.5. The first-order valence-corrected chi connectivity index (χ1v) is 10.1. The minimum atomic E-state index is -0.450. The number of ether oxygens (including phenoxy) is 1. The van der Waals surface area contributed by atoms with Crippen LogP contribution in [0, 0.1) is 0 Å². The molecule has 1 aromatic carbocycles. The summed E-state index contributed by atoms with van der Waals surface area (Å²) in [5, 5.41) is 13.5. The molecule has 1 amide bonds. The molecule has 0 aliphatic heterocycles. The SMILES string of the molecule is CCOC(=O)c1c(-c2ccccc2)csc1NC(=O)CSc1nncn1C. The first-order valence-electron chi connectivity index (χ1n) is 8.20. The standard InChI is InChI=1S/C18H18N4O3S2/c1-3-25-17(24)15-13(12-7-5-4-6-8-12)9-26-16(15)20-14(23)10-27-18-21-19-11-22(18)2/h4-9,11H,3,10H2,1-2H3,(H,20,23). The van der Waals surface area contributed by atoms with E-state index in [1.807, 2.05) is 42.8 Å². The molecule has 3 rings (SSSR count). The summed E-state index contributed by atoms with van der Waals surface area (Å²) in [6, 6.07) is 9.54. The van der Waals surface area contributed by atoms with Crippen LogP contribution < -0.4 is 5.32 Å². The van der Waals surface area contributed by atoms with Gasteiger partial charge in [0.05, 0.1) is 12.4 Å². The zero-order valence-electron chi connectivity index (χ0n) is 14.8. The summed E-state index contributed by atoms with van der Waals surface area (Å²) in [5.74, 6) is -0.517. The minimum Gasteiger partial charge on any atom is -0.462 e. The third kappa shape index (κ3) is 4.55. The van der Waals surface area contributed by atoms with Gasteiger partial charge in [-0.2, -0.15) is 0 Å². The van der Waals surface area contributed by atoms with Crippen LogP contribution in [-0.4, -0.2) is 39.0 Å². The van der Waals surface area contributed by atoms with E-state index in [0.29, 0.717) is 15.7 Å². The Bertz CT molecular complexity index is 937. The van der Waals surface area contributed by atoms with Crippen LogP contribution in [0.3, 0.4) is 0 Å². The molecule has 2 aromatic heterocycles. The molecule has 9 heteroatoms. The average Bonchev–Trinajstić information content (AvgIpc) is 3.27. The molecule has 27 heavy (non-hydrogen) atoms. The Morgan fingerprint density at radius 2 is 2.07 bits per heavy atom. The Morgan fingerprint density at radius 3 is 2.74 bits per heavy atom. The number of nitrogens with one attached hydrogen (secondary N) is 1. The number of benzene rings is 1. The highest BCUT2D eigenvalue weighted by atomic mass is 32.2. The molecule has 0 saturated heterocycles. The molecule has 0 spiro atoms. The van der Waals surface area contributed by atoms with Gasteiger partial charge in [0, 0.05) is 18.0 Å². The van der Waals surface area contributed by atoms with Crippen molar-refractivity contribution >= 4 is 40.0 Å². The van der Waals surface area contributed by atoms with Crippen molar-refractivity contribution < 1.29 is 14.3 Å². The van der Waals surface area contributed by atoms with Crippen LogP contribution in [0.2, 0.25) is 0 Å². The van der Waals surface area contributed by atoms with E-state index in [0.717, 1.165) is 11.1 Å². The topological polar surface area (TPSA) is 86.1 Å². The fourth-order valence-electron chi connectivity index (χ4n) is 2.38. The maximum absolute atomic E-state index is 12.5. The van der Waals surface area contributed by atoms with Crippen LogP contribution in [-0.2, 0) is 16.6 Å².